The molecule has 0 amide bonds. The van der Waals surface area contributed by atoms with E-state index in [1.54, 1.807) is 6.07 Å². The lowest BCUT2D eigenvalue weighted by Gasteiger charge is -2.15. The molecule has 0 unspecified atom stereocenters. The Morgan fingerprint density at radius 1 is 1.29 bits per heavy atom. The second-order valence-electron chi connectivity index (χ2n) is 4.82. The average molecular weight is 325 g/mol. The number of hydrogen-bond acceptors (Lipinski definition) is 4. The molecule has 2 rings (SSSR count). The summed E-state index contributed by atoms with van der Waals surface area (Å²) in [5, 5.41) is 4.55. The smallest absolute Gasteiger partial charge is 0.189 e. The lowest BCUT2D eigenvalue weighted by atomic mass is 10.1. The molecule has 114 valence electrons. The highest BCUT2D eigenvalue weighted by Crippen LogP contribution is 2.34. The van der Waals surface area contributed by atoms with Gasteiger partial charge in [0.1, 0.15) is 5.03 Å². The lowest BCUT2D eigenvalue weighted by molar-refractivity contribution is 0.498. The molecule has 1 heterocycles. The van der Waals surface area contributed by atoms with E-state index in [1.807, 2.05) is 19.1 Å². The molecule has 0 N–H and O–H groups in total. The van der Waals surface area contributed by atoms with Crippen molar-refractivity contribution in [2.24, 2.45) is 0 Å². The molecule has 5 nitrogen and oxygen atoms in total. The standard InChI is InChI=1S/C14H19N3O2S2/c1-5-12-8-6-7-11(2)14(12)20-13-9-10-15-17(13)21(18,19)16(3)4/h6-10H,5H2,1-4H3. The molecule has 21 heavy (non-hydrogen) atoms. The maximum absolute atomic E-state index is 12.3. The predicted octanol–water partition coefficient (Wildman–Crippen LogP) is 2.56. The minimum Gasteiger partial charge on any atom is -0.189 e. The van der Waals surface area contributed by atoms with Crippen LogP contribution in [-0.4, -0.2) is 36.0 Å². The van der Waals surface area contributed by atoms with E-state index in [9.17, 15) is 8.42 Å². The molecule has 7 heteroatoms. The van der Waals surface area contributed by atoms with Gasteiger partial charge in [-0.3, -0.25) is 0 Å². The first-order valence-corrected chi connectivity index (χ1v) is 8.82. The highest BCUT2D eigenvalue weighted by atomic mass is 32.2. The zero-order valence-electron chi connectivity index (χ0n) is 12.6. The van der Waals surface area contributed by atoms with Crippen LogP contribution in [0, 0.1) is 6.92 Å². The van der Waals surface area contributed by atoms with E-state index in [0.29, 0.717) is 5.03 Å². The number of aromatic nitrogens is 2. The Bertz CT molecular complexity index is 736. The summed E-state index contributed by atoms with van der Waals surface area (Å²) in [6.07, 6.45) is 2.41. The lowest BCUT2D eigenvalue weighted by Crippen LogP contribution is -2.30. The number of aryl methyl sites for hydroxylation is 2. The van der Waals surface area contributed by atoms with E-state index in [2.05, 4.69) is 18.1 Å². The van der Waals surface area contributed by atoms with Crippen molar-refractivity contribution < 1.29 is 8.42 Å². The van der Waals surface area contributed by atoms with Crippen LogP contribution >= 0.6 is 11.8 Å². The van der Waals surface area contributed by atoms with Crippen LogP contribution in [0.5, 0.6) is 0 Å². The summed E-state index contributed by atoms with van der Waals surface area (Å²) < 4.78 is 26.7. The van der Waals surface area contributed by atoms with Gasteiger partial charge in [-0.1, -0.05) is 36.9 Å². The molecule has 0 aliphatic rings. The summed E-state index contributed by atoms with van der Waals surface area (Å²) in [5.74, 6) is 0. The van der Waals surface area contributed by atoms with Crippen molar-refractivity contribution in [3.05, 3.63) is 41.6 Å². The fourth-order valence-electron chi connectivity index (χ4n) is 1.92. The van der Waals surface area contributed by atoms with Crippen LogP contribution in [0.25, 0.3) is 0 Å². The van der Waals surface area contributed by atoms with Crippen LogP contribution in [0.1, 0.15) is 18.1 Å². The Kier molecular flexibility index (Phi) is 4.75. The Hall–Kier alpha value is -1.31. The van der Waals surface area contributed by atoms with Gasteiger partial charge in [-0.15, -0.1) is 4.09 Å². The minimum absolute atomic E-state index is 0.590. The zero-order chi connectivity index (χ0) is 15.6. The first-order chi connectivity index (χ1) is 9.87. The quantitative estimate of drug-likeness (QED) is 0.848. The van der Waals surface area contributed by atoms with Crippen LogP contribution in [0.2, 0.25) is 0 Å². The van der Waals surface area contributed by atoms with E-state index >= 15 is 0 Å². The normalized spacial score (nSPS) is 12.0. The first kappa shape index (κ1) is 16.1. The Labute approximate surface area is 130 Å². The van der Waals surface area contributed by atoms with Gasteiger partial charge in [0, 0.05) is 19.0 Å². The van der Waals surface area contributed by atoms with Crippen molar-refractivity contribution in [3.8, 4) is 0 Å². The van der Waals surface area contributed by atoms with Crippen molar-refractivity contribution >= 4 is 22.0 Å². The summed E-state index contributed by atoms with van der Waals surface area (Å²) in [6.45, 7) is 4.12. The molecule has 0 atom stereocenters. The maximum Gasteiger partial charge on any atom is 0.323 e. The molecule has 0 saturated heterocycles. The van der Waals surface area contributed by atoms with Crippen molar-refractivity contribution in [2.75, 3.05) is 14.1 Å². The Balaban J connectivity index is 2.46. The molecule has 0 aliphatic carbocycles. The monoisotopic (exact) mass is 325 g/mol. The summed E-state index contributed by atoms with van der Waals surface area (Å²) in [7, 11) is -0.605. The number of hydrogen-bond donors (Lipinski definition) is 0. The number of rotatable bonds is 5. The number of benzene rings is 1. The van der Waals surface area contributed by atoms with E-state index < -0.39 is 10.2 Å². The highest BCUT2D eigenvalue weighted by Gasteiger charge is 2.21. The largest absolute Gasteiger partial charge is 0.323 e. The van der Waals surface area contributed by atoms with Crippen molar-refractivity contribution in [2.45, 2.75) is 30.2 Å². The van der Waals surface area contributed by atoms with E-state index in [1.165, 1.54) is 37.6 Å². The SMILES string of the molecule is CCc1cccc(C)c1Sc1ccnn1S(=O)(=O)N(C)C. The van der Waals surface area contributed by atoms with Crippen molar-refractivity contribution in [1.82, 2.24) is 13.5 Å². The van der Waals surface area contributed by atoms with Crippen molar-refractivity contribution in [3.63, 3.8) is 0 Å². The van der Waals surface area contributed by atoms with Gasteiger partial charge >= 0.3 is 10.2 Å². The summed E-state index contributed by atoms with van der Waals surface area (Å²) in [5.41, 5.74) is 2.34. The van der Waals surface area contributed by atoms with Crippen LogP contribution in [0.15, 0.2) is 40.4 Å². The topological polar surface area (TPSA) is 55.2 Å². The van der Waals surface area contributed by atoms with E-state index in [0.717, 1.165) is 25.3 Å². The third kappa shape index (κ3) is 3.14. The second kappa shape index (κ2) is 6.21. The molecule has 2 aromatic rings. The van der Waals surface area contributed by atoms with Gasteiger partial charge in [-0.25, -0.2) is 0 Å². The molecule has 0 saturated carbocycles. The molecular weight excluding hydrogens is 306 g/mol. The molecule has 0 aliphatic heterocycles. The summed E-state index contributed by atoms with van der Waals surface area (Å²) in [6, 6.07) is 7.84. The van der Waals surface area contributed by atoms with Crippen molar-refractivity contribution in [1.29, 1.82) is 0 Å². The van der Waals surface area contributed by atoms with Crippen LogP contribution in [-0.2, 0) is 16.6 Å². The van der Waals surface area contributed by atoms with Gasteiger partial charge in [0.15, 0.2) is 0 Å². The van der Waals surface area contributed by atoms with Gasteiger partial charge in [0.05, 0.1) is 6.20 Å². The average Bonchev–Trinajstić information content (AvgIpc) is 2.89. The van der Waals surface area contributed by atoms with Gasteiger partial charge in [-0.2, -0.15) is 17.8 Å². The third-order valence-corrected chi connectivity index (χ3v) is 6.21. The molecule has 0 spiro atoms. The number of nitrogens with zero attached hydrogens (tertiary/aromatic N) is 3. The molecule has 1 aromatic heterocycles. The van der Waals surface area contributed by atoms with Gasteiger partial charge in [0.2, 0.25) is 0 Å². The fourth-order valence-corrected chi connectivity index (χ4v) is 4.12. The van der Waals surface area contributed by atoms with E-state index in [-0.39, 0.29) is 0 Å². The third-order valence-electron chi connectivity index (χ3n) is 3.14. The highest BCUT2D eigenvalue weighted by molar-refractivity contribution is 8.00. The molecule has 0 fully saturated rings. The fraction of sp³-hybridized carbons (Fsp3) is 0.357. The Morgan fingerprint density at radius 3 is 2.62 bits per heavy atom. The predicted molar refractivity (Wildman–Crippen MR) is 84.9 cm³/mol. The zero-order valence-corrected chi connectivity index (χ0v) is 14.2. The molecule has 1 aromatic carbocycles. The van der Waals surface area contributed by atoms with Crippen LogP contribution < -0.4 is 0 Å². The molecular formula is C14H19N3O2S2. The van der Waals surface area contributed by atoms with E-state index in [4.69, 9.17) is 0 Å². The van der Waals surface area contributed by atoms with Gasteiger partial charge in [0.25, 0.3) is 0 Å². The van der Waals surface area contributed by atoms with Crippen LogP contribution in [0.4, 0.5) is 0 Å². The Morgan fingerprint density at radius 2 is 2.00 bits per heavy atom. The molecule has 0 radical (unpaired) electrons. The summed E-state index contributed by atoms with van der Waals surface area (Å²) in [4.78, 5) is 1.09. The maximum atomic E-state index is 12.3. The first-order valence-electron chi connectivity index (χ1n) is 6.61. The molecule has 0 bridgehead atoms. The van der Waals surface area contributed by atoms with Gasteiger partial charge < -0.3 is 0 Å². The minimum atomic E-state index is -3.60. The second-order valence-corrected chi connectivity index (χ2v) is 7.82. The van der Waals surface area contributed by atoms with Gasteiger partial charge in [-0.05, 0) is 30.5 Å². The summed E-state index contributed by atoms with van der Waals surface area (Å²) >= 11 is 1.44. The van der Waals surface area contributed by atoms with Crippen LogP contribution in [0.3, 0.4) is 0 Å².